The molecular weight excluding hydrogens is 540 g/mol. The molecule has 0 atom stereocenters. The summed E-state index contributed by atoms with van der Waals surface area (Å²) in [5.74, 6) is 0. The lowest BCUT2D eigenvalue weighted by atomic mass is 10.0. The van der Waals surface area contributed by atoms with Gasteiger partial charge < -0.3 is 0 Å². The van der Waals surface area contributed by atoms with Crippen LogP contribution in [0.15, 0.2) is 40.6 Å². The van der Waals surface area contributed by atoms with Gasteiger partial charge in [-0.05, 0) is 48.9 Å². The van der Waals surface area contributed by atoms with Crippen LogP contribution in [0.2, 0.25) is 20.1 Å². The molecule has 0 spiro atoms. The second-order valence-corrected chi connectivity index (χ2v) is 12.1. The van der Waals surface area contributed by atoms with Gasteiger partial charge >= 0.3 is 0 Å². The van der Waals surface area contributed by atoms with Crippen LogP contribution >= 0.6 is 69.5 Å². The van der Waals surface area contributed by atoms with Crippen LogP contribution in [0.3, 0.4) is 0 Å². The molecule has 0 bridgehead atoms. The summed E-state index contributed by atoms with van der Waals surface area (Å²) in [6.45, 7) is 6.05. The molecule has 33 heavy (non-hydrogen) atoms. The van der Waals surface area contributed by atoms with Crippen LogP contribution in [0, 0.1) is 6.92 Å². The molecule has 0 aliphatic carbocycles. The number of carbonyl (C=O) groups is 1. The van der Waals surface area contributed by atoms with Gasteiger partial charge in [0, 0.05) is 36.5 Å². The number of aldehydes is 1. The van der Waals surface area contributed by atoms with Gasteiger partial charge in [-0.3, -0.25) is 4.79 Å². The van der Waals surface area contributed by atoms with Crippen LogP contribution in [0.4, 0.5) is 0 Å². The van der Waals surface area contributed by atoms with E-state index in [0.717, 1.165) is 21.8 Å². The molecule has 2 aromatic heterocycles. The van der Waals surface area contributed by atoms with Gasteiger partial charge in [0.1, 0.15) is 5.69 Å². The Labute approximate surface area is 219 Å². The van der Waals surface area contributed by atoms with Crippen LogP contribution in [-0.4, -0.2) is 26.3 Å². The van der Waals surface area contributed by atoms with Crippen molar-refractivity contribution in [2.24, 2.45) is 0 Å². The predicted molar refractivity (Wildman–Crippen MR) is 141 cm³/mol. The summed E-state index contributed by atoms with van der Waals surface area (Å²) in [5.41, 5.74) is 3.96. The Kier molecular flexibility index (Phi) is 7.44. The second-order valence-electron chi connectivity index (χ2n) is 7.49. The maximum Gasteiger partial charge on any atom is 0.212 e. The number of rotatable bonds is 6. The molecule has 0 aliphatic heterocycles. The molecule has 10 heteroatoms. The van der Waals surface area contributed by atoms with Crippen molar-refractivity contribution in [3.05, 3.63) is 67.9 Å². The summed E-state index contributed by atoms with van der Waals surface area (Å²) in [5, 5.41) is 7.52. The first-order valence-electron chi connectivity index (χ1n) is 9.82. The number of thioether (sulfide) groups is 1. The average molecular weight is 557 g/mol. The third-order valence-electron chi connectivity index (χ3n) is 4.60. The highest BCUT2D eigenvalue weighted by Crippen LogP contribution is 2.42. The number of halogens is 4. The Hall–Kier alpha value is -1.54. The monoisotopic (exact) mass is 555 g/mol. The van der Waals surface area contributed by atoms with Crippen molar-refractivity contribution >= 4 is 75.8 Å². The Morgan fingerprint density at radius 2 is 1.48 bits per heavy atom. The molecule has 0 radical (unpaired) electrons. The van der Waals surface area contributed by atoms with Gasteiger partial charge in [-0.25, -0.2) is 9.67 Å². The first-order valence-corrected chi connectivity index (χ1v) is 13.0. The summed E-state index contributed by atoms with van der Waals surface area (Å²) in [4.78, 5) is 17.1. The fourth-order valence-corrected chi connectivity index (χ4v) is 6.94. The lowest BCUT2D eigenvalue weighted by molar-refractivity contribution is 0.111. The summed E-state index contributed by atoms with van der Waals surface area (Å²) in [6, 6.07) is 10.5. The molecule has 0 N–H and O–H groups in total. The minimum atomic E-state index is 0.320. The van der Waals surface area contributed by atoms with Gasteiger partial charge in [0.05, 0.1) is 15.6 Å². The summed E-state index contributed by atoms with van der Waals surface area (Å²) < 4.78 is 2.55. The largest absolute Gasteiger partial charge is 0.296 e. The predicted octanol–water partition coefficient (Wildman–Crippen LogP) is 8.90. The molecule has 0 saturated carbocycles. The minimum Gasteiger partial charge on any atom is -0.296 e. The van der Waals surface area contributed by atoms with E-state index in [1.54, 1.807) is 40.7 Å². The number of aryl methyl sites for hydroxylation is 1. The average Bonchev–Trinajstić information content (AvgIpc) is 3.26. The van der Waals surface area contributed by atoms with Crippen molar-refractivity contribution in [2.75, 3.05) is 0 Å². The SMILES string of the molecule is Cc1nn(-c2nc(-c3cc(Cl)cc(Cl)c3)c(SC(C)C)s2)c(C=O)c1-c1cc(Cl)cc(Cl)c1. The lowest BCUT2D eigenvalue weighted by Crippen LogP contribution is -2.01. The van der Waals surface area contributed by atoms with Crippen LogP contribution in [0.1, 0.15) is 30.0 Å². The first kappa shape index (κ1) is 24.6. The standard InChI is InChI=1S/C23H17Cl4N3OS2/c1-11(2)32-22-21(14-6-17(26)9-18(27)7-14)28-23(33-22)30-19(10-31)20(12(3)29-30)13-4-15(24)8-16(25)5-13/h4-11H,1-3H3. The molecule has 4 nitrogen and oxygen atoms in total. The van der Waals surface area contributed by atoms with Gasteiger partial charge in [-0.1, -0.05) is 71.6 Å². The molecule has 170 valence electrons. The van der Waals surface area contributed by atoms with Crippen molar-refractivity contribution in [2.45, 2.75) is 30.2 Å². The molecule has 0 fully saturated rings. The van der Waals surface area contributed by atoms with E-state index < -0.39 is 0 Å². The number of thiazole rings is 1. The Balaban J connectivity index is 1.91. The highest BCUT2D eigenvalue weighted by molar-refractivity contribution is 8.01. The lowest BCUT2D eigenvalue weighted by Gasteiger charge is -2.05. The molecule has 4 aromatic rings. The zero-order valence-corrected chi connectivity index (χ0v) is 22.4. The second kappa shape index (κ2) is 9.98. The zero-order valence-electron chi connectivity index (χ0n) is 17.7. The number of nitrogens with zero attached hydrogens (tertiary/aromatic N) is 3. The molecule has 0 amide bonds. The van der Waals surface area contributed by atoms with E-state index in [1.165, 1.54) is 11.3 Å². The molecule has 0 aliphatic rings. The van der Waals surface area contributed by atoms with Gasteiger partial charge in [0.25, 0.3) is 0 Å². The number of aromatic nitrogens is 3. The summed E-state index contributed by atoms with van der Waals surface area (Å²) >= 11 is 28.0. The number of benzene rings is 2. The third-order valence-corrected chi connectivity index (χ3v) is 7.72. The van der Waals surface area contributed by atoms with Gasteiger partial charge in [-0.15, -0.1) is 11.8 Å². The first-order chi connectivity index (χ1) is 15.7. The fraction of sp³-hybridized carbons (Fsp3) is 0.174. The maximum absolute atomic E-state index is 12.2. The minimum absolute atomic E-state index is 0.320. The van der Waals surface area contributed by atoms with Gasteiger partial charge in [-0.2, -0.15) is 5.10 Å². The normalized spacial score (nSPS) is 11.4. The maximum atomic E-state index is 12.2. The van der Waals surface area contributed by atoms with E-state index in [1.807, 2.05) is 19.1 Å². The molecule has 2 aromatic carbocycles. The highest BCUT2D eigenvalue weighted by Gasteiger charge is 2.23. The number of hydrogen-bond acceptors (Lipinski definition) is 5. The van der Waals surface area contributed by atoms with Crippen LogP contribution in [0.5, 0.6) is 0 Å². The Bertz CT molecular complexity index is 1320. The van der Waals surface area contributed by atoms with E-state index in [4.69, 9.17) is 51.4 Å². The smallest absolute Gasteiger partial charge is 0.212 e. The van der Waals surface area contributed by atoms with Crippen LogP contribution in [0.25, 0.3) is 27.5 Å². The molecule has 0 unspecified atom stereocenters. The Morgan fingerprint density at radius 3 is 2.00 bits per heavy atom. The molecule has 4 rings (SSSR count). The fourth-order valence-electron chi connectivity index (χ4n) is 3.41. The summed E-state index contributed by atoms with van der Waals surface area (Å²) in [7, 11) is 0. The van der Waals surface area contributed by atoms with Crippen molar-refractivity contribution < 1.29 is 4.79 Å². The quantitative estimate of drug-likeness (QED) is 0.176. The van der Waals surface area contributed by atoms with Crippen molar-refractivity contribution in [1.29, 1.82) is 0 Å². The van der Waals surface area contributed by atoms with E-state index >= 15 is 0 Å². The topological polar surface area (TPSA) is 47.8 Å². The third kappa shape index (κ3) is 5.26. The van der Waals surface area contributed by atoms with E-state index in [-0.39, 0.29) is 0 Å². The molecule has 2 heterocycles. The zero-order chi connectivity index (χ0) is 23.9. The van der Waals surface area contributed by atoms with E-state index in [0.29, 0.717) is 53.0 Å². The number of carbonyl (C=O) groups excluding carboxylic acids is 1. The van der Waals surface area contributed by atoms with Crippen molar-refractivity contribution in [1.82, 2.24) is 14.8 Å². The van der Waals surface area contributed by atoms with E-state index in [2.05, 4.69) is 18.9 Å². The highest BCUT2D eigenvalue weighted by atomic mass is 35.5. The molecule has 0 saturated heterocycles. The van der Waals surface area contributed by atoms with Crippen molar-refractivity contribution in [3.8, 4) is 27.5 Å². The Morgan fingerprint density at radius 1 is 0.939 bits per heavy atom. The van der Waals surface area contributed by atoms with Crippen LogP contribution in [-0.2, 0) is 0 Å². The van der Waals surface area contributed by atoms with E-state index in [9.17, 15) is 4.79 Å². The van der Waals surface area contributed by atoms with Gasteiger partial charge in [0.15, 0.2) is 6.29 Å². The van der Waals surface area contributed by atoms with Gasteiger partial charge in [0.2, 0.25) is 5.13 Å². The van der Waals surface area contributed by atoms with Crippen molar-refractivity contribution in [3.63, 3.8) is 0 Å². The van der Waals surface area contributed by atoms with Crippen LogP contribution < -0.4 is 0 Å². The number of hydrogen-bond donors (Lipinski definition) is 0. The summed E-state index contributed by atoms with van der Waals surface area (Å²) in [6.07, 6.45) is 0.775. The molecular formula is C23H17Cl4N3OS2.